The monoisotopic (exact) mass is 397 g/mol. The van der Waals surface area contributed by atoms with Crippen molar-refractivity contribution in [2.45, 2.75) is 19.4 Å². The molecule has 0 aliphatic heterocycles. The van der Waals surface area contributed by atoms with Crippen molar-refractivity contribution in [1.82, 2.24) is 9.80 Å². The molecule has 1 amide bonds. The van der Waals surface area contributed by atoms with Gasteiger partial charge in [0.05, 0.1) is 11.6 Å². The van der Waals surface area contributed by atoms with Gasteiger partial charge in [-0.1, -0.05) is 23.7 Å². The molecular weight excluding hydrogens is 374 g/mol. The van der Waals surface area contributed by atoms with Crippen LogP contribution in [0.5, 0.6) is 0 Å². The number of amides is 1. The first-order chi connectivity index (χ1) is 13.4. The van der Waals surface area contributed by atoms with Crippen LogP contribution in [0.25, 0.3) is 0 Å². The lowest BCUT2D eigenvalue weighted by Crippen LogP contribution is -2.36. The van der Waals surface area contributed by atoms with Gasteiger partial charge in [-0.3, -0.25) is 9.59 Å². The van der Waals surface area contributed by atoms with Crippen LogP contribution in [0.1, 0.15) is 34.3 Å². The molecule has 2 aromatic carbocycles. The average Bonchev–Trinajstić information content (AvgIpc) is 2.69. The SMILES string of the molecule is CN(C)CCN(Cc1ccc(C#N)cc1)C(=O)CCC(=O)c1ccc(Cl)cc1. The van der Waals surface area contributed by atoms with Crippen LogP contribution in [0.3, 0.4) is 0 Å². The Morgan fingerprint density at radius 1 is 0.964 bits per heavy atom. The number of likely N-dealkylation sites (N-methyl/N-ethyl adjacent to an activating group) is 1. The first kappa shape index (κ1) is 21.6. The molecule has 5 nitrogen and oxygen atoms in total. The molecule has 0 atom stereocenters. The Labute approximate surface area is 171 Å². The Morgan fingerprint density at radius 3 is 2.18 bits per heavy atom. The van der Waals surface area contributed by atoms with Crippen LogP contribution in [0.4, 0.5) is 0 Å². The number of Topliss-reactive ketones (excluding diaryl/α,β-unsaturated/α-hetero) is 1. The van der Waals surface area contributed by atoms with E-state index in [1.165, 1.54) is 0 Å². The number of carbonyl (C=O) groups is 2. The molecule has 2 rings (SSSR count). The lowest BCUT2D eigenvalue weighted by molar-refractivity contribution is -0.131. The fourth-order valence-electron chi connectivity index (χ4n) is 2.68. The summed E-state index contributed by atoms with van der Waals surface area (Å²) in [6, 6.07) is 16.0. The van der Waals surface area contributed by atoms with Crippen LogP contribution in [0.15, 0.2) is 48.5 Å². The second kappa shape index (κ2) is 10.6. The summed E-state index contributed by atoms with van der Waals surface area (Å²) in [5.41, 5.74) is 2.10. The summed E-state index contributed by atoms with van der Waals surface area (Å²) in [5, 5.41) is 9.49. The standard InChI is InChI=1S/C22H24ClN3O2/c1-25(2)13-14-26(16-18-5-3-17(15-24)4-6-18)22(28)12-11-21(27)19-7-9-20(23)10-8-19/h3-10H,11-14,16H2,1-2H3. The predicted octanol–water partition coefficient (Wildman–Crippen LogP) is 3.76. The number of halogens is 1. The van der Waals surface area contributed by atoms with Crippen molar-refractivity contribution in [1.29, 1.82) is 5.26 Å². The van der Waals surface area contributed by atoms with Gasteiger partial charge in [-0.25, -0.2) is 0 Å². The van der Waals surface area contributed by atoms with E-state index in [9.17, 15) is 9.59 Å². The number of carbonyl (C=O) groups excluding carboxylic acids is 2. The molecule has 6 heteroatoms. The summed E-state index contributed by atoms with van der Waals surface area (Å²) in [6.07, 6.45) is 0.317. The number of ketones is 1. The number of benzene rings is 2. The highest BCUT2D eigenvalue weighted by atomic mass is 35.5. The van der Waals surface area contributed by atoms with Crippen LogP contribution < -0.4 is 0 Å². The molecule has 0 fully saturated rings. The largest absolute Gasteiger partial charge is 0.337 e. The van der Waals surface area contributed by atoms with E-state index in [1.807, 2.05) is 31.1 Å². The quantitative estimate of drug-likeness (QED) is 0.604. The molecule has 0 spiro atoms. The van der Waals surface area contributed by atoms with Crippen molar-refractivity contribution < 1.29 is 9.59 Å². The molecule has 146 valence electrons. The van der Waals surface area contributed by atoms with E-state index < -0.39 is 0 Å². The normalized spacial score (nSPS) is 10.5. The lowest BCUT2D eigenvalue weighted by Gasteiger charge is -2.24. The number of nitrogens with zero attached hydrogens (tertiary/aromatic N) is 3. The van der Waals surface area contributed by atoms with Gasteiger partial charge in [0.2, 0.25) is 5.91 Å². The number of hydrogen-bond donors (Lipinski definition) is 0. The molecule has 0 N–H and O–H groups in total. The smallest absolute Gasteiger partial charge is 0.223 e. The van der Waals surface area contributed by atoms with Gasteiger partial charge in [0.1, 0.15) is 0 Å². The number of nitriles is 1. The van der Waals surface area contributed by atoms with E-state index in [-0.39, 0.29) is 24.5 Å². The Bertz CT molecular complexity index is 840. The Hall–Kier alpha value is -2.68. The fraction of sp³-hybridized carbons (Fsp3) is 0.318. The minimum Gasteiger partial charge on any atom is -0.337 e. The zero-order valence-electron chi connectivity index (χ0n) is 16.2. The highest BCUT2D eigenvalue weighted by molar-refractivity contribution is 6.30. The highest BCUT2D eigenvalue weighted by Crippen LogP contribution is 2.14. The molecule has 0 saturated heterocycles. The third-order valence-electron chi connectivity index (χ3n) is 4.36. The number of hydrogen-bond acceptors (Lipinski definition) is 4. The maximum atomic E-state index is 12.8. The van der Waals surface area contributed by atoms with Gasteiger partial charge in [0.15, 0.2) is 5.78 Å². The third-order valence-corrected chi connectivity index (χ3v) is 4.61. The van der Waals surface area contributed by atoms with Gasteiger partial charge in [-0.2, -0.15) is 5.26 Å². The first-order valence-electron chi connectivity index (χ1n) is 9.09. The summed E-state index contributed by atoms with van der Waals surface area (Å²) in [5.74, 6) is -0.135. The molecule has 0 heterocycles. The summed E-state index contributed by atoms with van der Waals surface area (Å²) in [6.45, 7) is 1.75. The molecule has 0 unspecified atom stereocenters. The van der Waals surface area contributed by atoms with Crippen molar-refractivity contribution in [3.63, 3.8) is 0 Å². The third kappa shape index (κ3) is 6.80. The van der Waals surface area contributed by atoms with Crippen molar-refractivity contribution in [3.8, 4) is 6.07 Å². The summed E-state index contributed by atoms with van der Waals surface area (Å²) in [4.78, 5) is 28.9. The number of rotatable bonds is 9. The molecule has 0 bridgehead atoms. The van der Waals surface area contributed by atoms with Gasteiger partial charge < -0.3 is 9.80 Å². The van der Waals surface area contributed by atoms with E-state index in [1.54, 1.807) is 41.3 Å². The van der Waals surface area contributed by atoms with Crippen LogP contribution in [-0.4, -0.2) is 48.7 Å². The maximum absolute atomic E-state index is 12.8. The average molecular weight is 398 g/mol. The minimum absolute atomic E-state index is 0.0616. The molecule has 0 saturated carbocycles. The van der Waals surface area contributed by atoms with Gasteiger partial charge in [-0.05, 0) is 56.1 Å². The summed E-state index contributed by atoms with van der Waals surface area (Å²) < 4.78 is 0. The predicted molar refractivity (Wildman–Crippen MR) is 110 cm³/mol. The zero-order valence-corrected chi connectivity index (χ0v) is 16.9. The highest BCUT2D eigenvalue weighted by Gasteiger charge is 2.16. The maximum Gasteiger partial charge on any atom is 0.223 e. The van der Waals surface area contributed by atoms with E-state index in [0.29, 0.717) is 29.2 Å². The van der Waals surface area contributed by atoms with Crippen LogP contribution in [0.2, 0.25) is 5.02 Å². The van der Waals surface area contributed by atoms with E-state index in [0.717, 1.165) is 12.1 Å². The molecule has 0 aliphatic rings. The second-order valence-electron chi connectivity index (χ2n) is 6.86. The van der Waals surface area contributed by atoms with Gasteiger partial charge >= 0.3 is 0 Å². The molecule has 28 heavy (non-hydrogen) atoms. The summed E-state index contributed by atoms with van der Waals surface area (Å²) >= 11 is 5.85. The zero-order chi connectivity index (χ0) is 20.5. The van der Waals surface area contributed by atoms with Crippen molar-refractivity contribution in [3.05, 3.63) is 70.2 Å². The molecule has 0 radical (unpaired) electrons. The minimum atomic E-state index is -0.0732. The van der Waals surface area contributed by atoms with E-state index in [2.05, 4.69) is 6.07 Å². The van der Waals surface area contributed by atoms with Crippen molar-refractivity contribution >= 4 is 23.3 Å². The Morgan fingerprint density at radius 2 is 1.61 bits per heavy atom. The molecular formula is C22H24ClN3O2. The van der Waals surface area contributed by atoms with Crippen molar-refractivity contribution in [2.24, 2.45) is 0 Å². The van der Waals surface area contributed by atoms with Gasteiger partial charge in [0.25, 0.3) is 0 Å². The van der Waals surface area contributed by atoms with Crippen LogP contribution in [-0.2, 0) is 11.3 Å². The van der Waals surface area contributed by atoms with E-state index >= 15 is 0 Å². The molecule has 0 aliphatic carbocycles. The fourth-order valence-corrected chi connectivity index (χ4v) is 2.80. The first-order valence-corrected chi connectivity index (χ1v) is 9.47. The molecule has 0 aromatic heterocycles. The molecule has 2 aromatic rings. The van der Waals surface area contributed by atoms with Crippen LogP contribution in [0, 0.1) is 11.3 Å². The Balaban J connectivity index is 2.00. The van der Waals surface area contributed by atoms with E-state index in [4.69, 9.17) is 16.9 Å². The lowest BCUT2D eigenvalue weighted by atomic mass is 10.1. The topological polar surface area (TPSA) is 64.4 Å². The summed E-state index contributed by atoms with van der Waals surface area (Å²) in [7, 11) is 3.91. The Kier molecular flexibility index (Phi) is 8.19. The second-order valence-corrected chi connectivity index (χ2v) is 7.29. The van der Waals surface area contributed by atoms with Gasteiger partial charge in [-0.15, -0.1) is 0 Å². The van der Waals surface area contributed by atoms with Crippen molar-refractivity contribution in [2.75, 3.05) is 27.2 Å². The van der Waals surface area contributed by atoms with Crippen LogP contribution >= 0.6 is 11.6 Å². The van der Waals surface area contributed by atoms with Gasteiger partial charge in [0, 0.05) is 43.1 Å².